The molecule has 2 aromatic heterocycles. The summed E-state index contributed by atoms with van der Waals surface area (Å²) in [5.74, 6) is 0.481. The highest BCUT2D eigenvalue weighted by molar-refractivity contribution is 5.89. The molecule has 3 aromatic carbocycles. The van der Waals surface area contributed by atoms with Crippen LogP contribution in [0.3, 0.4) is 0 Å². The number of carbonyl (C=O) groups excluding carboxylic acids is 2. The van der Waals surface area contributed by atoms with Gasteiger partial charge in [0.15, 0.2) is 6.61 Å². The van der Waals surface area contributed by atoms with Gasteiger partial charge in [-0.3, -0.25) is 9.69 Å². The number of fused-ring (bicyclic) bond motifs is 2. The molecule has 0 aliphatic carbocycles. The Morgan fingerprint density at radius 1 is 1.03 bits per heavy atom. The molecule has 1 N–H and O–H groups in total. The third-order valence-electron chi connectivity index (χ3n) is 7.41. The van der Waals surface area contributed by atoms with Gasteiger partial charge in [0.05, 0.1) is 6.04 Å². The van der Waals surface area contributed by atoms with Crippen LogP contribution in [0.5, 0.6) is 0 Å². The van der Waals surface area contributed by atoms with E-state index < -0.39 is 12.1 Å². The third-order valence-corrected chi connectivity index (χ3v) is 7.41. The van der Waals surface area contributed by atoms with E-state index in [9.17, 15) is 9.59 Å². The second-order valence-electron chi connectivity index (χ2n) is 9.70. The van der Waals surface area contributed by atoms with Crippen molar-refractivity contribution in [3.05, 3.63) is 108 Å². The molecule has 1 aliphatic heterocycles. The van der Waals surface area contributed by atoms with Gasteiger partial charge < -0.3 is 19.0 Å². The normalized spacial score (nSPS) is 16.8. The Morgan fingerprint density at radius 2 is 1.79 bits per heavy atom. The van der Waals surface area contributed by atoms with E-state index in [1.165, 1.54) is 0 Å². The minimum atomic E-state index is -0.683. The van der Waals surface area contributed by atoms with Gasteiger partial charge in [-0.25, -0.2) is 4.79 Å². The topological polar surface area (TPSA) is 78.8 Å². The van der Waals surface area contributed by atoms with Crippen LogP contribution >= 0.6 is 0 Å². The van der Waals surface area contributed by atoms with Gasteiger partial charge in [0, 0.05) is 42.0 Å². The first-order chi connectivity index (χ1) is 18.6. The van der Waals surface area contributed by atoms with E-state index in [0.717, 1.165) is 33.0 Å². The monoisotopic (exact) mass is 507 g/mol. The van der Waals surface area contributed by atoms with Crippen molar-refractivity contribution in [2.45, 2.75) is 32.0 Å². The number of aromatic nitrogens is 1. The summed E-state index contributed by atoms with van der Waals surface area (Å²) in [6, 6.07) is 26.7. The van der Waals surface area contributed by atoms with Gasteiger partial charge in [0.25, 0.3) is 0 Å². The second-order valence-corrected chi connectivity index (χ2v) is 9.70. The lowest BCUT2D eigenvalue weighted by atomic mass is 9.98. The summed E-state index contributed by atoms with van der Waals surface area (Å²) in [6.07, 6.45) is 1.80. The fraction of sp³-hybridized carbons (Fsp3) is 0.226. The molecular formula is C31H29N3O4. The zero-order valence-electron chi connectivity index (χ0n) is 21.2. The van der Waals surface area contributed by atoms with E-state index in [1.54, 1.807) is 4.90 Å². The van der Waals surface area contributed by atoms with E-state index in [2.05, 4.69) is 4.98 Å². The number of rotatable bonds is 6. The Bertz CT molecular complexity index is 1560. The number of ether oxygens (including phenoxy) is 1. The summed E-state index contributed by atoms with van der Waals surface area (Å²) in [5, 5.41) is 2.00. The molecule has 7 nitrogen and oxygen atoms in total. The molecule has 0 saturated carbocycles. The average molecular weight is 508 g/mol. The molecule has 2 amide bonds. The average Bonchev–Trinajstić information content (AvgIpc) is 3.57. The summed E-state index contributed by atoms with van der Waals surface area (Å²) in [7, 11) is 0. The molecule has 1 saturated heterocycles. The third kappa shape index (κ3) is 4.52. The predicted molar refractivity (Wildman–Crippen MR) is 145 cm³/mol. The quantitative estimate of drug-likeness (QED) is 0.303. The highest BCUT2D eigenvalue weighted by Gasteiger charge is 2.40. The Labute approximate surface area is 220 Å². The molecule has 0 bridgehead atoms. The maximum atomic E-state index is 14.0. The van der Waals surface area contributed by atoms with Crippen molar-refractivity contribution in [1.82, 2.24) is 14.8 Å². The number of amides is 2. The molecule has 2 atom stereocenters. The van der Waals surface area contributed by atoms with Crippen LogP contribution in [0.1, 0.15) is 29.9 Å². The van der Waals surface area contributed by atoms with Crippen molar-refractivity contribution in [3.8, 4) is 0 Å². The Balaban J connectivity index is 1.25. The molecule has 0 unspecified atom stereocenters. The minimum Gasteiger partial charge on any atom is -0.457 e. The van der Waals surface area contributed by atoms with Crippen molar-refractivity contribution < 1.29 is 18.7 Å². The maximum absolute atomic E-state index is 14.0. The van der Waals surface area contributed by atoms with Crippen molar-refractivity contribution >= 4 is 33.9 Å². The Kier molecular flexibility index (Phi) is 6.33. The van der Waals surface area contributed by atoms with Crippen molar-refractivity contribution in [1.29, 1.82) is 0 Å². The number of hydrogen-bond donors (Lipinski definition) is 1. The van der Waals surface area contributed by atoms with Crippen LogP contribution in [-0.2, 0) is 22.6 Å². The van der Waals surface area contributed by atoms with Gasteiger partial charge in [-0.2, -0.15) is 0 Å². The van der Waals surface area contributed by atoms with Crippen LogP contribution < -0.4 is 0 Å². The molecule has 5 aromatic rings. The number of nitrogens with one attached hydrogen (secondary N) is 1. The van der Waals surface area contributed by atoms with Crippen molar-refractivity contribution in [2.75, 3.05) is 13.1 Å². The number of carbonyl (C=O) groups is 2. The molecule has 0 spiro atoms. The second kappa shape index (κ2) is 10.1. The van der Waals surface area contributed by atoms with Gasteiger partial charge >= 0.3 is 6.09 Å². The molecule has 1 aliphatic rings. The first kappa shape index (κ1) is 23.9. The summed E-state index contributed by atoms with van der Waals surface area (Å²) in [4.78, 5) is 34.0. The van der Waals surface area contributed by atoms with Crippen LogP contribution in [0.15, 0.2) is 95.5 Å². The Hall–Kier alpha value is -4.52. The standard InChI is InChI=1S/C31H29N3O4/c1-21(22-9-3-2-4-10-22)33-15-16-34(31(36)37-20-25-17-23-11-5-8-14-29(23)38-25)28(30(33)35)18-24-19-32-27-13-7-6-12-26(24)27/h2-14,17,19,21,28,32H,15-16,18,20H2,1H3/t21-,28+/m0/s1. The fourth-order valence-corrected chi connectivity index (χ4v) is 5.35. The number of furan rings is 1. The fourth-order valence-electron chi connectivity index (χ4n) is 5.35. The number of piperazine rings is 1. The number of benzene rings is 3. The van der Waals surface area contributed by atoms with Crippen molar-refractivity contribution in [2.24, 2.45) is 0 Å². The van der Waals surface area contributed by atoms with Gasteiger partial charge in [-0.15, -0.1) is 0 Å². The van der Waals surface area contributed by atoms with E-state index in [4.69, 9.17) is 9.15 Å². The molecule has 6 rings (SSSR count). The first-order valence-electron chi connectivity index (χ1n) is 12.9. The molecule has 3 heterocycles. The predicted octanol–water partition coefficient (Wildman–Crippen LogP) is 6.07. The van der Waals surface area contributed by atoms with E-state index in [-0.39, 0.29) is 18.6 Å². The number of hydrogen-bond acceptors (Lipinski definition) is 4. The molecule has 192 valence electrons. The number of aromatic amines is 1. The van der Waals surface area contributed by atoms with Gasteiger partial charge in [0.2, 0.25) is 5.91 Å². The summed E-state index contributed by atoms with van der Waals surface area (Å²) < 4.78 is 11.5. The summed E-state index contributed by atoms with van der Waals surface area (Å²) >= 11 is 0. The van der Waals surface area contributed by atoms with E-state index >= 15 is 0 Å². The zero-order chi connectivity index (χ0) is 26.1. The zero-order valence-corrected chi connectivity index (χ0v) is 21.2. The van der Waals surface area contributed by atoms with Crippen molar-refractivity contribution in [3.63, 3.8) is 0 Å². The SMILES string of the molecule is C[C@@H](c1ccccc1)N1CCN(C(=O)OCc2cc3ccccc3o2)[C@H](Cc2c[nH]c3ccccc23)C1=O. The number of nitrogens with zero attached hydrogens (tertiary/aromatic N) is 2. The summed E-state index contributed by atoms with van der Waals surface area (Å²) in [6.45, 7) is 2.85. The van der Waals surface area contributed by atoms with Crippen LogP contribution in [0.25, 0.3) is 21.9 Å². The van der Waals surface area contributed by atoms with E-state index in [0.29, 0.717) is 25.3 Å². The molecule has 0 radical (unpaired) electrons. The van der Waals surface area contributed by atoms with E-state index in [1.807, 2.05) is 103 Å². The lowest BCUT2D eigenvalue weighted by molar-refractivity contribution is -0.143. The Morgan fingerprint density at radius 3 is 2.63 bits per heavy atom. The molecular weight excluding hydrogens is 478 g/mol. The highest BCUT2D eigenvalue weighted by atomic mass is 16.6. The summed E-state index contributed by atoms with van der Waals surface area (Å²) in [5.41, 5.74) is 3.80. The molecule has 7 heteroatoms. The number of H-pyrrole nitrogens is 1. The number of para-hydroxylation sites is 2. The minimum absolute atomic E-state index is 0.00212. The van der Waals surface area contributed by atoms with Gasteiger partial charge in [0.1, 0.15) is 17.4 Å². The first-order valence-corrected chi connectivity index (χ1v) is 12.9. The van der Waals surface area contributed by atoms with Crippen LogP contribution in [0.4, 0.5) is 4.79 Å². The van der Waals surface area contributed by atoms with Crippen LogP contribution in [-0.4, -0.2) is 45.9 Å². The lowest BCUT2D eigenvalue weighted by Gasteiger charge is -2.42. The highest BCUT2D eigenvalue weighted by Crippen LogP contribution is 2.29. The smallest absolute Gasteiger partial charge is 0.410 e. The maximum Gasteiger partial charge on any atom is 0.410 e. The van der Waals surface area contributed by atoms with Gasteiger partial charge in [-0.1, -0.05) is 66.7 Å². The van der Waals surface area contributed by atoms with Gasteiger partial charge in [-0.05, 0) is 36.2 Å². The molecule has 38 heavy (non-hydrogen) atoms. The van der Waals surface area contributed by atoms with Crippen LogP contribution in [0.2, 0.25) is 0 Å². The largest absolute Gasteiger partial charge is 0.457 e. The van der Waals surface area contributed by atoms with Crippen LogP contribution in [0, 0.1) is 0 Å². The molecule has 1 fully saturated rings. The lowest BCUT2D eigenvalue weighted by Crippen LogP contribution is -2.59.